The third kappa shape index (κ3) is 3.82. The number of thiophene rings is 1. The lowest BCUT2D eigenvalue weighted by molar-refractivity contribution is 0.0947. The summed E-state index contributed by atoms with van der Waals surface area (Å²) in [5, 5.41) is 4.61. The van der Waals surface area contributed by atoms with Crippen LogP contribution < -0.4 is 11.1 Å². The third-order valence-electron chi connectivity index (χ3n) is 2.67. The Balaban J connectivity index is 2.10. The molecular weight excluding hydrogens is 311 g/mol. The van der Waals surface area contributed by atoms with Crippen LogP contribution in [0.25, 0.3) is 0 Å². The fourth-order valence-corrected chi connectivity index (χ4v) is 2.72. The maximum Gasteiger partial charge on any atom is 0.256 e. The Morgan fingerprint density at radius 1 is 1.43 bits per heavy atom. The molecule has 6 heteroatoms. The highest BCUT2D eigenvalue weighted by molar-refractivity contribution is 7.10. The van der Waals surface area contributed by atoms with Gasteiger partial charge < -0.3 is 11.1 Å². The highest BCUT2D eigenvalue weighted by Gasteiger charge is 2.15. The molecule has 0 saturated carbocycles. The summed E-state index contributed by atoms with van der Waals surface area (Å²) in [6.45, 7) is 0.530. The van der Waals surface area contributed by atoms with E-state index in [1.807, 2.05) is 11.4 Å². The standard InChI is InChI=1S/C15H12ClFN2OS/c16-11-4-1-5-12(17)14(11)15(20)19-9-13-10(3-2-7-18)6-8-21-13/h1,4-6,8H,7,9,18H2,(H,19,20). The second kappa shape index (κ2) is 7.23. The fraction of sp³-hybridized carbons (Fsp3) is 0.133. The first-order chi connectivity index (χ1) is 10.1. The second-order valence-corrected chi connectivity index (χ2v) is 5.45. The molecule has 0 aliphatic carbocycles. The Bertz CT molecular complexity index is 698. The van der Waals surface area contributed by atoms with Crippen LogP contribution in [-0.4, -0.2) is 12.5 Å². The summed E-state index contributed by atoms with van der Waals surface area (Å²) in [6.07, 6.45) is 0. The van der Waals surface area contributed by atoms with Gasteiger partial charge in [0, 0.05) is 10.4 Å². The maximum atomic E-state index is 13.6. The molecular formula is C15H12ClFN2OS. The topological polar surface area (TPSA) is 55.1 Å². The van der Waals surface area contributed by atoms with E-state index in [1.54, 1.807) is 0 Å². The number of hydrogen-bond acceptors (Lipinski definition) is 3. The molecule has 0 radical (unpaired) electrons. The van der Waals surface area contributed by atoms with Crippen LogP contribution in [0.15, 0.2) is 29.6 Å². The minimum Gasteiger partial charge on any atom is -0.347 e. The molecule has 21 heavy (non-hydrogen) atoms. The van der Waals surface area contributed by atoms with Gasteiger partial charge in [0.15, 0.2) is 0 Å². The Morgan fingerprint density at radius 2 is 2.24 bits per heavy atom. The summed E-state index contributed by atoms with van der Waals surface area (Å²) >= 11 is 7.31. The molecule has 1 heterocycles. The van der Waals surface area contributed by atoms with Gasteiger partial charge in [-0.15, -0.1) is 11.3 Å². The van der Waals surface area contributed by atoms with E-state index in [-0.39, 0.29) is 23.7 Å². The molecule has 0 bridgehead atoms. The quantitative estimate of drug-likeness (QED) is 0.854. The summed E-state index contributed by atoms with van der Waals surface area (Å²) in [5.74, 6) is 4.49. The van der Waals surface area contributed by atoms with E-state index >= 15 is 0 Å². The van der Waals surface area contributed by atoms with Crippen LogP contribution in [0.5, 0.6) is 0 Å². The van der Waals surface area contributed by atoms with E-state index in [1.165, 1.54) is 29.5 Å². The van der Waals surface area contributed by atoms with Crippen LogP contribution >= 0.6 is 22.9 Å². The predicted octanol–water partition coefficient (Wildman–Crippen LogP) is 2.78. The van der Waals surface area contributed by atoms with E-state index in [0.717, 1.165) is 10.4 Å². The van der Waals surface area contributed by atoms with Crippen molar-refractivity contribution in [2.45, 2.75) is 6.54 Å². The zero-order valence-electron chi connectivity index (χ0n) is 11.0. The van der Waals surface area contributed by atoms with Gasteiger partial charge in [0.2, 0.25) is 0 Å². The van der Waals surface area contributed by atoms with Gasteiger partial charge in [-0.05, 0) is 23.6 Å². The van der Waals surface area contributed by atoms with Crippen molar-refractivity contribution in [1.29, 1.82) is 0 Å². The largest absolute Gasteiger partial charge is 0.347 e. The first kappa shape index (κ1) is 15.5. The van der Waals surface area contributed by atoms with Crippen LogP contribution in [0.2, 0.25) is 5.02 Å². The Kier molecular flexibility index (Phi) is 5.34. The molecule has 0 spiro atoms. The number of halogens is 2. The van der Waals surface area contributed by atoms with Crippen molar-refractivity contribution in [3.05, 3.63) is 56.5 Å². The molecule has 0 atom stereocenters. The molecule has 0 saturated heterocycles. The van der Waals surface area contributed by atoms with Crippen molar-refractivity contribution >= 4 is 28.8 Å². The number of carbonyl (C=O) groups excluding carboxylic acids is 1. The van der Waals surface area contributed by atoms with Gasteiger partial charge in [-0.1, -0.05) is 29.5 Å². The smallest absolute Gasteiger partial charge is 0.256 e. The maximum absolute atomic E-state index is 13.6. The van der Waals surface area contributed by atoms with Crippen LogP contribution in [-0.2, 0) is 6.54 Å². The Hall–Kier alpha value is -1.87. The summed E-state index contributed by atoms with van der Waals surface area (Å²) in [6, 6.07) is 5.98. The minimum atomic E-state index is -0.644. The first-order valence-corrected chi connectivity index (χ1v) is 7.36. The number of rotatable bonds is 3. The molecule has 0 fully saturated rings. The van der Waals surface area contributed by atoms with Crippen LogP contribution in [0.4, 0.5) is 4.39 Å². The number of hydrogen-bond donors (Lipinski definition) is 2. The zero-order chi connectivity index (χ0) is 15.2. The molecule has 0 unspecified atom stereocenters. The van der Waals surface area contributed by atoms with Crippen molar-refractivity contribution in [2.75, 3.05) is 6.54 Å². The van der Waals surface area contributed by atoms with Crippen LogP contribution in [0.1, 0.15) is 20.8 Å². The fourth-order valence-electron chi connectivity index (χ4n) is 1.70. The first-order valence-electron chi connectivity index (χ1n) is 6.11. The minimum absolute atomic E-state index is 0.0850. The van der Waals surface area contributed by atoms with Crippen molar-refractivity contribution in [3.8, 4) is 11.8 Å². The van der Waals surface area contributed by atoms with E-state index in [4.69, 9.17) is 17.3 Å². The predicted molar refractivity (Wildman–Crippen MR) is 82.8 cm³/mol. The van der Waals surface area contributed by atoms with Gasteiger partial charge >= 0.3 is 0 Å². The third-order valence-corrected chi connectivity index (χ3v) is 3.91. The van der Waals surface area contributed by atoms with Gasteiger partial charge in [-0.2, -0.15) is 0 Å². The summed E-state index contributed by atoms with van der Waals surface area (Å²) in [5.41, 5.74) is 5.99. The van der Waals surface area contributed by atoms with Crippen LogP contribution in [0, 0.1) is 17.7 Å². The Labute approximate surface area is 130 Å². The SMILES string of the molecule is NCC#Cc1ccsc1CNC(=O)c1c(F)cccc1Cl. The lowest BCUT2D eigenvalue weighted by Crippen LogP contribution is -2.24. The van der Waals surface area contributed by atoms with E-state index < -0.39 is 11.7 Å². The molecule has 1 aromatic heterocycles. The highest BCUT2D eigenvalue weighted by Crippen LogP contribution is 2.20. The second-order valence-electron chi connectivity index (χ2n) is 4.04. The number of nitrogens with one attached hydrogen (secondary N) is 1. The van der Waals surface area contributed by atoms with Crippen molar-refractivity contribution in [3.63, 3.8) is 0 Å². The lowest BCUT2D eigenvalue weighted by atomic mass is 10.2. The normalized spacial score (nSPS) is 9.86. The summed E-state index contributed by atoms with van der Waals surface area (Å²) in [7, 11) is 0. The number of benzene rings is 1. The number of nitrogens with two attached hydrogens (primary N) is 1. The van der Waals surface area contributed by atoms with Gasteiger partial charge in [-0.3, -0.25) is 4.79 Å². The average Bonchev–Trinajstić information content (AvgIpc) is 2.90. The van der Waals surface area contributed by atoms with E-state index in [9.17, 15) is 9.18 Å². The Morgan fingerprint density at radius 3 is 2.95 bits per heavy atom. The molecule has 0 aliphatic heterocycles. The molecule has 0 aliphatic rings. The number of amides is 1. The van der Waals surface area contributed by atoms with Crippen molar-refractivity contribution in [1.82, 2.24) is 5.32 Å². The molecule has 108 valence electrons. The molecule has 3 nitrogen and oxygen atoms in total. The monoisotopic (exact) mass is 322 g/mol. The molecule has 2 aromatic rings. The van der Waals surface area contributed by atoms with E-state index in [2.05, 4.69) is 17.2 Å². The molecule has 1 aromatic carbocycles. The average molecular weight is 323 g/mol. The molecule has 1 amide bonds. The van der Waals surface area contributed by atoms with Gasteiger partial charge in [-0.25, -0.2) is 4.39 Å². The summed E-state index contributed by atoms with van der Waals surface area (Å²) < 4.78 is 13.6. The van der Waals surface area contributed by atoms with E-state index in [0.29, 0.717) is 0 Å². The van der Waals surface area contributed by atoms with Gasteiger partial charge in [0.25, 0.3) is 5.91 Å². The number of carbonyl (C=O) groups is 1. The lowest BCUT2D eigenvalue weighted by Gasteiger charge is -2.07. The van der Waals surface area contributed by atoms with Crippen molar-refractivity contribution in [2.24, 2.45) is 5.73 Å². The highest BCUT2D eigenvalue weighted by atomic mass is 35.5. The zero-order valence-corrected chi connectivity index (χ0v) is 12.5. The molecule has 2 rings (SSSR count). The van der Waals surface area contributed by atoms with Gasteiger partial charge in [0.05, 0.1) is 23.7 Å². The molecule has 3 N–H and O–H groups in total. The van der Waals surface area contributed by atoms with Crippen LogP contribution in [0.3, 0.4) is 0 Å². The van der Waals surface area contributed by atoms with Gasteiger partial charge in [0.1, 0.15) is 5.82 Å². The summed E-state index contributed by atoms with van der Waals surface area (Å²) in [4.78, 5) is 12.9. The van der Waals surface area contributed by atoms with Crippen molar-refractivity contribution < 1.29 is 9.18 Å².